The molecule has 0 aliphatic heterocycles. The van der Waals surface area contributed by atoms with Crippen LogP contribution in [0.4, 0.5) is 0 Å². The van der Waals surface area contributed by atoms with E-state index in [9.17, 15) is 0 Å². The Morgan fingerprint density at radius 1 is 1.86 bits per heavy atom. The van der Waals surface area contributed by atoms with E-state index in [4.69, 9.17) is 0 Å². The molecule has 0 aliphatic carbocycles. The Hall–Kier alpha value is -0.573. The molecule has 1 N–H and O–H groups in total. The van der Waals surface area contributed by atoms with Gasteiger partial charge < -0.3 is 0 Å². The standard InChI is InChI=1S/C4H8N2Si/c1-7-4-2-3-5-6-4/h2-3H,7H2,1H3,(H,5,6). The van der Waals surface area contributed by atoms with Crippen LogP contribution in [0.3, 0.4) is 0 Å². The van der Waals surface area contributed by atoms with Crippen LogP contribution in [0.1, 0.15) is 0 Å². The summed E-state index contributed by atoms with van der Waals surface area (Å²) in [4.78, 5) is 0. The van der Waals surface area contributed by atoms with Gasteiger partial charge >= 0.3 is 0 Å². The Kier molecular flexibility index (Phi) is 1.26. The molecular weight excluding hydrogens is 104 g/mol. The van der Waals surface area contributed by atoms with Crippen molar-refractivity contribution < 1.29 is 0 Å². The number of nitrogens with one attached hydrogen (secondary N) is 1. The second-order valence-electron chi connectivity index (χ2n) is 1.42. The van der Waals surface area contributed by atoms with Gasteiger partial charge in [0.15, 0.2) is 0 Å². The van der Waals surface area contributed by atoms with Crippen LogP contribution in [0.5, 0.6) is 0 Å². The van der Waals surface area contributed by atoms with Gasteiger partial charge in [-0.25, -0.2) is 0 Å². The Labute approximate surface area is 44.8 Å². The minimum absolute atomic E-state index is 0.00887. The Balaban J connectivity index is 2.76. The molecule has 0 saturated heterocycles. The summed E-state index contributed by atoms with van der Waals surface area (Å²) in [5, 5.41) is 8.00. The van der Waals surface area contributed by atoms with Crippen molar-refractivity contribution in [1.29, 1.82) is 0 Å². The third-order valence-electron chi connectivity index (χ3n) is 0.921. The molecule has 0 unspecified atom stereocenters. The first-order chi connectivity index (χ1) is 3.43. The molecule has 1 aromatic heterocycles. The van der Waals surface area contributed by atoms with E-state index in [0.717, 1.165) is 0 Å². The SMILES string of the molecule is C[SiH2]c1cc[nH]n1. The number of rotatable bonds is 1. The van der Waals surface area contributed by atoms with Gasteiger partial charge in [0, 0.05) is 11.5 Å². The smallest absolute Gasteiger partial charge is 0.0778 e. The lowest BCUT2D eigenvalue weighted by Gasteiger charge is -1.75. The highest BCUT2D eigenvalue weighted by atomic mass is 28.2. The number of aromatic nitrogens is 2. The summed E-state index contributed by atoms with van der Waals surface area (Å²) in [5.41, 5.74) is 0. The largest absolute Gasteiger partial charge is 0.286 e. The van der Waals surface area contributed by atoms with E-state index in [1.165, 1.54) is 5.32 Å². The summed E-state index contributed by atoms with van der Waals surface area (Å²) < 4.78 is 0. The highest BCUT2D eigenvalue weighted by Gasteiger charge is 1.84. The van der Waals surface area contributed by atoms with Crippen molar-refractivity contribution in [1.82, 2.24) is 10.2 Å². The van der Waals surface area contributed by atoms with Crippen molar-refractivity contribution in [2.24, 2.45) is 0 Å². The van der Waals surface area contributed by atoms with Gasteiger partial charge in [-0.15, -0.1) is 0 Å². The molecule has 1 rings (SSSR count). The van der Waals surface area contributed by atoms with Crippen molar-refractivity contribution >= 4 is 14.8 Å². The lowest BCUT2D eigenvalue weighted by Crippen LogP contribution is -2.10. The van der Waals surface area contributed by atoms with Gasteiger partial charge in [0.2, 0.25) is 0 Å². The molecule has 1 heterocycles. The quantitative estimate of drug-likeness (QED) is 0.476. The van der Waals surface area contributed by atoms with E-state index in [0.29, 0.717) is 0 Å². The molecule has 3 heteroatoms. The number of hydrogen-bond acceptors (Lipinski definition) is 1. The summed E-state index contributed by atoms with van der Waals surface area (Å²) in [6, 6.07) is 2.03. The highest BCUT2D eigenvalue weighted by molar-refractivity contribution is 6.50. The normalized spacial score (nSPS) is 11.0. The maximum Gasteiger partial charge on any atom is 0.0778 e. The van der Waals surface area contributed by atoms with E-state index < -0.39 is 0 Å². The van der Waals surface area contributed by atoms with E-state index in [-0.39, 0.29) is 9.52 Å². The lowest BCUT2D eigenvalue weighted by molar-refractivity contribution is 1.11. The fourth-order valence-electron chi connectivity index (χ4n) is 0.488. The Bertz CT molecular complexity index is 124. The lowest BCUT2D eigenvalue weighted by atomic mass is 10.8. The molecule has 0 aromatic carbocycles. The second kappa shape index (κ2) is 1.93. The van der Waals surface area contributed by atoms with Gasteiger partial charge in [-0.1, -0.05) is 6.55 Å². The van der Waals surface area contributed by atoms with Gasteiger partial charge in [-0.3, -0.25) is 5.10 Å². The van der Waals surface area contributed by atoms with Crippen molar-refractivity contribution in [2.75, 3.05) is 0 Å². The number of aromatic amines is 1. The molecule has 1 aromatic rings. The third kappa shape index (κ3) is 0.897. The first-order valence-corrected chi connectivity index (χ1v) is 4.54. The molecule has 0 fully saturated rings. The second-order valence-corrected chi connectivity index (χ2v) is 2.85. The monoisotopic (exact) mass is 112 g/mol. The number of nitrogens with zero attached hydrogens (tertiary/aromatic N) is 1. The summed E-state index contributed by atoms with van der Waals surface area (Å²) in [6.45, 7) is 2.22. The van der Waals surface area contributed by atoms with E-state index in [1.54, 1.807) is 0 Å². The number of hydrogen-bond donors (Lipinski definition) is 1. The molecular formula is C4H8N2Si. The maximum atomic E-state index is 3.97. The minimum atomic E-state index is -0.00887. The van der Waals surface area contributed by atoms with Crippen LogP contribution >= 0.6 is 0 Å². The van der Waals surface area contributed by atoms with Crippen molar-refractivity contribution in [3.63, 3.8) is 0 Å². The summed E-state index contributed by atoms with van der Waals surface area (Å²) in [6.07, 6.45) is 1.87. The van der Waals surface area contributed by atoms with E-state index in [1.807, 2.05) is 12.3 Å². The minimum Gasteiger partial charge on any atom is -0.286 e. The maximum absolute atomic E-state index is 3.97. The van der Waals surface area contributed by atoms with Crippen LogP contribution in [-0.2, 0) is 0 Å². The van der Waals surface area contributed by atoms with Crippen molar-refractivity contribution in [3.05, 3.63) is 12.3 Å². The van der Waals surface area contributed by atoms with Crippen LogP contribution < -0.4 is 5.32 Å². The molecule has 0 spiro atoms. The predicted octanol–water partition coefficient (Wildman–Crippen LogP) is -0.748. The van der Waals surface area contributed by atoms with E-state index in [2.05, 4.69) is 16.7 Å². The van der Waals surface area contributed by atoms with Gasteiger partial charge in [0.25, 0.3) is 0 Å². The summed E-state index contributed by atoms with van der Waals surface area (Å²) in [5.74, 6) is 0. The predicted molar refractivity (Wildman–Crippen MR) is 32.6 cm³/mol. The van der Waals surface area contributed by atoms with Crippen molar-refractivity contribution in [2.45, 2.75) is 6.55 Å². The zero-order valence-corrected chi connectivity index (χ0v) is 5.72. The highest BCUT2D eigenvalue weighted by Crippen LogP contribution is 1.65. The summed E-state index contributed by atoms with van der Waals surface area (Å²) in [7, 11) is -0.00887. The van der Waals surface area contributed by atoms with Gasteiger partial charge in [-0.2, -0.15) is 5.10 Å². The molecule has 2 nitrogen and oxygen atoms in total. The van der Waals surface area contributed by atoms with Crippen LogP contribution in [0, 0.1) is 0 Å². The average molecular weight is 112 g/mol. The molecule has 0 bridgehead atoms. The first kappa shape index (κ1) is 4.58. The van der Waals surface area contributed by atoms with Crippen LogP contribution in [0.2, 0.25) is 6.55 Å². The van der Waals surface area contributed by atoms with Crippen LogP contribution in [0.15, 0.2) is 12.3 Å². The Morgan fingerprint density at radius 3 is 3.00 bits per heavy atom. The zero-order valence-electron chi connectivity index (χ0n) is 4.31. The van der Waals surface area contributed by atoms with Gasteiger partial charge in [-0.05, 0) is 6.07 Å². The van der Waals surface area contributed by atoms with E-state index >= 15 is 0 Å². The van der Waals surface area contributed by atoms with Gasteiger partial charge in [0.1, 0.15) is 0 Å². The fourth-order valence-corrected chi connectivity index (χ4v) is 1.09. The van der Waals surface area contributed by atoms with Crippen LogP contribution in [0.25, 0.3) is 0 Å². The Morgan fingerprint density at radius 2 is 2.71 bits per heavy atom. The first-order valence-electron chi connectivity index (χ1n) is 2.42. The molecule has 0 saturated carbocycles. The molecule has 0 aliphatic rings. The zero-order chi connectivity index (χ0) is 5.11. The molecule has 0 atom stereocenters. The van der Waals surface area contributed by atoms with Crippen LogP contribution in [-0.4, -0.2) is 19.7 Å². The fraction of sp³-hybridized carbons (Fsp3) is 0.250. The molecule has 0 radical (unpaired) electrons. The number of H-pyrrole nitrogens is 1. The molecule has 0 amide bonds. The van der Waals surface area contributed by atoms with Gasteiger partial charge in [0.05, 0.1) is 9.52 Å². The molecule has 38 valence electrons. The third-order valence-corrected chi connectivity index (χ3v) is 2.04. The van der Waals surface area contributed by atoms with Crippen molar-refractivity contribution in [3.8, 4) is 0 Å². The summed E-state index contributed by atoms with van der Waals surface area (Å²) >= 11 is 0. The average Bonchev–Trinajstić information content (AvgIpc) is 2.14. The topological polar surface area (TPSA) is 28.7 Å². The molecule has 7 heavy (non-hydrogen) atoms.